The Bertz CT molecular complexity index is 552. The van der Waals surface area contributed by atoms with Gasteiger partial charge in [-0.2, -0.15) is 16.6 Å². The maximum absolute atomic E-state index is 8.85. The van der Waals surface area contributed by atoms with Crippen LogP contribution in [-0.2, 0) is 13.1 Å². The van der Waals surface area contributed by atoms with Gasteiger partial charge >= 0.3 is 0 Å². The average molecular weight is 256 g/mol. The maximum atomic E-state index is 8.85. The lowest BCUT2D eigenvalue weighted by Gasteiger charge is -2.17. The Hall–Kier alpha value is -1.63. The van der Waals surface area contributed by atoms with Crippen LogP contribution in [-0.4, -0.2) is 11.9 Å². The van der Waals surface area contributed by atoms with Crippen LogP contribution in [0.1, 0.15) is 22.3 Å². The van der Waals surface area contributed by atoms with Gasteiger partial charge in [-0.3, -0.25) is 4.90 Å². The Morgan fingerprint density at radius 2 is 2.11 bits per heavy atom. The molecule has 3 heteroatoms. The van der Waals surface area contributed by atoms with Crippen LogP contribution < -0.4 is 0 Å². The van der Waals surface area contributed by atoms with Crippen LogP contribution in [0.5, 0.6) is 0 Å². The van der Waals surface area contributed by atoms with E-state index in [9.17, 15) is 0 Å². The maximum Gasteiger partial charge on any atom is 0.0991 e. The number of hydrogen-bond donors (Lipinski definition) is 0. The zero-order valence-corrected chi connectivity index (χ0v) is 11.5. The van der Waals surface area contributed by atoms with Crippen molar-refractivity contribution in [3.8, 4) is 6.07 Å². The number of hydrogen-bond acceptors (Lipinski definition) is 3. The number of nitriles is 1. The number of rotatable bonds is 4. The lowest BCUT2D eigenvalue weighted by atomic mass is 10.1. The second-order valence-corrected chi connectivity index (χ2v) is 5.34. The first-order valence-corrected chi connectivity index (χ1v) is 6.82. The predicted molar refractivity (Wildman–Crippen MR) is 75.4 cm³/mol. The van der Waals surface area contributed by atoms with E-state index in [0.717, 1.165) is 18.7 Å². The number of thiophene rings is 1. The molecule has 92 valence electrons. The van der Waals surface area contributed by atoms with Crippen molar-refractivity contribution in [3.05, 3.63) is 57.3 Å². The zero-order valence-electron chi connectivity index (χ0n) is 10.7. The molecule has 0 N–H and O–H groups in total. The molecular weight excluding hydrogens is 240 g/mol. The molecule has 2 nitrogen and oxygen atoms in total. The summed E-state index contributed by atoms with van der Waals surface area (Å²) in [6.45, 7) is 3.94. The molecule has 0 aliphatic heterocycles. The Kier molecular flexibility index (Phi) is 4.14. The summed E-state index contributed by atoms with van der Waals surface area (Å²) in [6.07, 6.45) is 0. The summed E-state index contributed by atoms with van der Waals surface area (Å²) in [5, 5.41) is 13.1. The molecule has 1 aromatic carbocycles. The first kappa shape index (κ1) is 12.8. The fourth-order valence-electron chi connectivity index (χ4n) is 1.98. The third-order valence-corrected chi connectivity index (χ3v) is 3.68. The largest absolute Gasteiger partial charge is 0.298 e. The lowest BCUT2D eigenvalue weighted by Crippen LogP contribution is -2.17. The fraction of sp³-hybridized carbons (Fsp3) is 0.267. The van der Waals surface area contributed by atoms with Gasteiger partial charge in [-0.25, -0.2) is 0 Å². The molecule has 0 radical (unpaired) electrons. The average Bonchev–Trinajstić information content (AvgIpc) is 2.84. The van der Waals surface area contributed by atoms with E-state index in [-0.39, 0.29) is 0 Å². The summed E-state index contributed by atoms with van der Waals surface area (Å²) < 4.78 is 0. The van der Waals surface area contributed by atoms with Gasteiger partial charge in [0.15, 0.2) is 0 Å². The molecule has 0 atom stereocenters. The van der Waals surface area contributed by atoms with E-state index in [1.165, 1.54) is 16.7 Å². The highest BCUT2D eigenvalue weighted by Gasteiger charge is 2.05. The second kappa shape index (κ2) is 5.81. The summed E-state index contributed by atoms with van der Waals surface area (Å²) in [5.74, 6) is 0. The summed E-state index contributed by atoms with van der Waals surface area (Å²) in [7, 11) is 2.12. The topological polar surface area (TPSA) is 27.0 Å². The molecule has 0 fully saturated rings. The monoisotopic (exact) mass is 256 g/mol. The van der Waals surface area contributed by atoms with Crippen LogP contribution in [0.3, 0.4) is 0 Å². The molecule has 0 aliphatic carbocycles. The zero-order chi connectivity index (χ0) is 13.0. The van der Waals surface area contributed by atoms with Crippen molar-refractivity contribution in [2.24, 2.45) is 0 Å². The van der Waals surface area contributed by atoms with Crippen molar-refractivity contribution in [1.29, 1.82) is 5.26 Å². The van der Waals surface area contributed by atoms with E-state index < -0.39 is 0 Å². The molecule has 0 saturated heterocycles. The molecule has 2 aromatic rings. The quantitative estimate of drug-likeness (QED) is 0.836. The van der Waals surface area contributed by atoms with E-state index in [2.05, 4.69) is 47.8 Å². The van der Waals surface area contributed by atoms with Gasteiger partial charge < -0.3 is 0 Å². The number of benzene rings is 1. The molecule has 1 aromatic heterocycles. The minimum atomic E-state index is 0.733. The van der Waals surface area contributed by atoms with Crippen LogP contribution in [0.15, 0.2) is 35.0 Å². The minimum Gasteiger partial charge on any atom is -0.298 e. The van der Waals surface area contributed by atoms with Crippen molar-refractivity contribution >= 4 is 11.3 Å². The third-order valence-electron chi connectivity index (χ3n) is 2.94. The third kappa shape index (κ3) is 3.19. The SMILES string of the molecule is Cc1cc(C#N)ccc1CN(C)Cc1ccsc1. The second-order valence-electron chi connectivity index (χ2n) is 4.56. The summed E-state index contributed by atoms with van der Waals surface area (Å²) >= 11 is 1.73. The summed E-state index contributed by atoms with van der Waals surface area (Å²) in [6, 6.07) is 10.2. The molecular formula is C15H16N2S. The predicted octanol–water partition coefficient (Wildman–Crippen LogP) is 3.56. The van der Waals surface area contributed by atoms with E-state index in [0.29, 0.717) is 0 Å². The molecule has 0 bridgehead atoms. The lowest BCUT2D eigenvalue weighted by molar-refractivity contribution is 0.319. The minimum absolute atomic E-state index is 0.733. The molecule has 0 spiro atoms. The summed E-state index contributed by atoms with van der Waals surface area (Å²) in [5.41, 5.74) is 4.56. The van der Waals surface area contributed by atoms with Crippen LogP contribution in [0.4, 0.5) is 0 Å². The summed E-state index contributed by atoms with van der Waals surface area (Å²) in [4.78, 5) is 2.29. The van der Waals surface area contributed by atoms with Gasteiger partial charge in [0.2, 0.25) is 0 Å². The molecule has 0 saturated carbocycles. The van der Waals surface area contributed by atoms with Gasteiger partial charge in [0.1, 0.15) is 0 Å². The number of aryl methyl sites for hydroxylation is 1. The number of nitrogens with zero attached hydrogens (tertiary/aromatic N) is 2. The van der Waals surface area contributed by atoms with E-state index in [1.807, 2.05) is 12.1 Å². The Labute approximate surface area is 112 Å². The molecule has 0 amide bonds. The first-order valence-electron chi connectivity index (χ1n) is 5.88. The van der Waals surface area contributed by atoms with E-state index in [1.54, 1.807) is 11.3 Å². The Morgan fingerprint density at radius 1 is 1.28 bits per heavy atom. The van der Waals surface area contributed by atoms with Gasteiger partial charge in [0.25, 0.3) is 0 Å². The molecule has 0 aliphatic rings. The van der Waals surface area contributed by atoms with E-state index in [4.69, 9.17) is 5.26 Å². The molecule has 0 unspecified atom stereocenters. The van der Waals surface area contributed by atoms with Crippen LogP contribution >= 0.6 is 11.3 Å². The van der Waals surface area contributed by atoms with Crippen molar-refractivity contribution < 1.29 is 0 Å². The van der Waals surface area contributed by atoms with Crippen LogP contribution in [0.25, 0.3) is 0 Å². The molecule has 1 heterocycles. The van der Waals surface area contributed by atoms with Gasteiger partial charge in [0.05, 0.1) is 11.6 Å². The highest BCUT2D eigenvalue weighted by Crippen LogP contribution is 2.15. The highest BCUT2D eigenvalue weighted by molar-refractivity contribution is 7.07. The fourth-order valence-corrected chi connectivity index (χ4v) is 2.64. The highest BCUT2D eigenvalue weighted by atomic mass is 32.1. The van der Waals surface area contributed by atoms with Crippen LogP contribution in [0.2, 0.25) is 0 Å². The first-order chi connectivity index (χ1) is 8.69. The standard InChI is InChI=1S/C15H16N2S/c1-12-7-13(8-16)3-4-15(12)10-17(2)9-14-5-6-18-11-14/h3-7,11H,9-10H2,1-2H3. The van der Waals surface area contributed by atoms with Gasteiger partial charge in [-0.15, -0.1) is 0 Å². The van der Waals surface area contributed by atoms with Gasteiger partial charge in [-0.1, -0.05) is 6.07 Å². The smallest absolute Gasteiger partial charge is 0.0991 e. The van der Waals surface area contributed by atoms with Crippen molar-refractivity contribution in [3.63, 3.8) is 0 Å². The van der Waals surface area contributed by atoms with Crippen molar-refractivity contribution in [1.82, 2.24) is 4.90 Å². The van der Waals surface area contributed by atoms with Crippen molar-refractivity contribution in [2.75, 3.05) is 7.05 Å². The molecule has 18 heavy (non-hydrogen) atoms. The Balaban J connectivity index is 2.03. The van der Waals surface area contributed by atoms with E-state index >= 15 is 0 Å². The van der Waals surface area contributed by atoms with Crippen LogP contribution in [0, 0.1) is 18.3 Å². The normalized spacial score (nSPS) is 10.6. The van der Waals surface area contributed by atoms with Gasteiger partial charge in [0, 0.05) is 13.1 Å². The van der Waals surface area contributed by atoms with Crippen molar-refractivity contribution in [2.45, 2.75) is 20.0 Å². The Morgan fingerprint density at radius 3 is 2.72 bits per heavy atom. The van der Waals surface area contributed by atoms with Gasteiger partial charge in [-0.05, 0) is 59.6 Å². The molecule has 2 rings (SSSR count).